The highest BCUT2D eigenvalue weighted by Gasteiger charge is 2.33. The number of carbonyl (C=O) groups is 2. The van der Waals surface area contributed by atoms with E-state index < -0.39 is 17.5 Å². The zero-order valence-corrected chi connectivity index (χ0v) is 8.83. The highest BCUT2D eigenvalue weighted by molar-refractivity contribution is 5.86. The molecule has 5 heteroatoms. The molecule has 0 bridgehead atoms. The second kappa shape index (κ2) is 5.59. The molecule has 14 heavy (non-hydrogen) atoms. The lowest BCUT2D eigenvalue weighted by atomic mass is 10.00. The van der Waals surface area contributed by atoms with Crippen LogP contribution in [-0.2, 0) is 19.1 Å². The largest absolute Gasteiger partial charge is 0.466 e. The van der Waals surface area contributed by atoms with Crippen LogP contribution in [0.1, 0.15) is 27.2 Å². The molecular weight excluding hydrogens is 186 g/mol. The van der Waals surface area contributed by atoms with Gasteiger partial charge < -0.3 is 15.2 Å². The third kappa shape index (κ3) is 4.23. The van der Waals surface area contributed by atoms with Crippen LogP contribution in [0.4, 0.5) is 0 Å². The molecule has 0 aromatic heterocycles. The van der Waals surface area contributed by atoms with E-state index in [4.69, 9.17) is 10.5 Å². The summed E-state index contributed by atoms with van der Waals surface area (Å²) in [6.45, 7) is 5.34. The molecule has 1 atom stereocenters. The third-order valence-electron chi connectivity index (χ3n) is 1.56. The van der Waals surface area contributed by atoms with Gasteiger partial charge in [0.25, 0.3) is 0 Å². The molecule has 1 unspecified atom stereocenters. The van der Waals surface area contributed by atoms with E-state index >= 15 is 0 Å². The molecule has 0 aliphatic rings. The van der Waals surface area contributed by atoms with Gasteiger partial charge >= 0.3 is 11.9 Å². The Morgan fingerprint density at radius 3 is 2.14 bits per heavy atom. The Hall–Kier alpha value is -1.10. The van der Waals surface area contributed by atoms with Gasteiger partial charge in [-0.1, -0.05) is 0 Å². The molecule has 0 amide bonds. The summed E-state index contributed by atoms with van der Waals surface area (Å²) in [7, 11) is 0. The Bertz CT molecular complexity index is 213. The molecule has 82 valence electrons. The molecule has 0 spiro atoms. The van der Waals surface area contributed by atoms with Crippen LogP contribution in [0, 0.1) is 0 Å². The average molecular weight is 203 g/mol. The second-order valence-corrected chi connectivity index (χ2v) is 3.12. The van der Waals surface area contributed by atoms with Crippen molar-refractivity contribution in [1.29, 1.82) is 0 Å². The minimum Gasteiger partial charge on any atom is -0.466 e. The summed E-state index contributed by atoms with van der Waals surface area (Å²) in [5, 5.41) is 0. The highest BCUT2D eigenvalue weighted by atomic mass is 16.5. The number of ether oxygens (including phenoxy) is 2. The van der Waals surface area contributed by atoms with Crippen LogP contribution < -0.4 is 5.73 Å². The lowest BCUT2D eigenvalue weighted by Crippen LogP contribution is -2.48. The van der Waals surface area contributed by atoms with Crippen molar-refractivity contribution in [2.75, 3.05) is 13.2 Å². The van der Waals surface area contributed by atoms with Gasteiger partial charge in [0.1, 0.15) is 5.54 Å². The third-order valence-corrected chi connectivity index (χ3v) is 1.56. The highest BCUT2D eigenvalue weighted by Crippen LogP contribution is 2.09. The standard InChI is InChI=1S/C9H17NO4/c1-4-13-7(11)6-9(3,10)8(12)14-5-2/h4-6,10H2,1-3H3. The predicted octanol–water partition coefficient (Wildman–Crippen LogP) is 0.220. The van der Waals surface area contributed by atoms with Crippen LogP contribution in [0.5, 0.6) is 0 Å². The van der Waals surface area contributed by atoms with Crippen molar-refractivity contribution in [3.63, 3.8) is 0 Å². The average Bonchev–Trinajstić information content (AvgIpc) is 2.03. The topological polar surface area (TPSA) is 78.6 Å². The first kappa shape index (κ1) is 12.9. The van der Waals surface area contributed by atoms with Gasteiger partial charge in [0.15, 0.2) is 0 Å². The van der Waals surface area contributed by atoms with Crippen LogP contribution >= 0.6 is 0 Å². The fraction of sp³-hybridized carbons (Fsp3) is 0.778. The van der Waals surface area contributed by atoms with Crippen LogP contribution in [0.2, 0.25) is 0 Å². The van der Waals surface area contributed by atoms with E-state index in [2.05, 4.69) is 4.74 Å². The molecule has 0 heterocycles. The summed E-state index contributed by atoms with van der Waals surface area (Å²) in [6, 6.07) is 0. The van der Waals surface area contributed by atoms with Crippen molar-refractivity contribution in [2.24, 2.45) is 5.73 Å². The lowest BCUT2D eigenvalue weighted by Gasteiger charge is -2.20. The van der Waals surface area contributed by atoms with Gasteiger partial charge in [-0.15, -0.1) is 0 Å². The van der Waals surface area contributed by atoms with Gasteiger partial charge in [0.2, 0.25) is 0 Å². The first-order valence-corrected chi connectivity index (χ1v) is 4.55. The molecule has 5 nitrogen and oxygen atoms in total. The van der Waals surface area contributed by atoms with Crippen molar-refractivity contribution >= 4 is 11.9 Å². The maximum Gasteiger partial charge on any atom is 0.326 e. The summed E-state index contributed by atoms with van der Waals surface area (Å²) < 4.78 is 9.39. The maximum atomic E-state index is 11.2. The molecule has 0 radical (unpaired) electrons. The second-order valence-electron chi connectivity index (χ2n) is 3.12. The van der Waals surface area contributed by atoms with Crippen LogP contribution in [0.25, 0.3) is 0 Å². The molecule has 0 aromatic rings. The van der Waals surface area contributed by atoms with E-state index in [1.54, 1.807) is 13.8 Å². The van der Waals surface area contributed by atoms with Gasteiger partial charge in [-0.25, -0.2) is 0 Å². The van der Waals surface area contributed by atoms with E-state index in [-0.39, 0.29) is 19.6 Å². The van der Waals surface area contributed by atoms with Crippen LogP contribution in [0.3, 0.4) is 0 Å². The molecule has 0 aromatic carbocycles. The van der Waals surface area contributed by atoms with Gasteiger partial charge in [0.05, 0.1) is 19.6 Å². The zero-order chi connectivity index (χ0) is 11.2. The Balaban J connectivity index is 4.18. The fourth-order valence-corrected chi connectivity index (χ4v) is 0.880. The molecule has 0 rings (SSSR count). The normalized spacial score (nSPS) is 14.3. The van der Waals surface area contributed by atoms with Gasteiger partial charge in [-0.2, -0.15) is 0 Å². The van der Waals surface area contributed by atoms with Crippen LogP contribution in [0.15, 0.2) is 0 Å². The quantitative estimate of drug-likeness (QED) is 0.646. The summed E-state index contributed by atoms with van der Waals surface area (Å²) in [4.78, 5) is 22.3. The number of esters is 2. The molecule has 0 aliphatic carbocycles. The minimum atomic E-state index is -1.30. The molecule has 0 fully saturated rings. The SMILES string of the molecule is CCOC(=O)CC(C)(N)C(=O)OCC. The van der Waals surface area contributed by atoms with Gasteiger partial charge in [-0.05, 0) is 20.8 Å². The zero-order valence-electron chi connectivity index (χ0n) is 8.83. The smallest absolute Gasteiger partial charge is 0.326 e. The first-order valence-electron chi connectivity index (χ1n) is 4.55. The summed E-state index contributed by atoms with van der Waals surface area (Å²) in [5.74, 6) is -1.08. The monoisotopic (exact) mass is 203 g/mol. The number of nitrogens with two attached hydrogens (primary N) is 1. The number of rotatable bonds is 5. The van der Waals surface area contributed by atoms with E-state index in [1.165, 1.54) is 6.92 Å². The molecular formula is C9H17NO4. The predicted molar refractivity (Wildman–Crippen MR) is 50.5 cm³/mol. The fourth-order valence-electron chi connectivity index (χ4n) is 0.880. The molecule has 0 aliphatic heterocycles. The Morgan fingerprint density at radius 1 is 1.21 bits per heavy atom. The number of hydrogen-bond acceptors (Lipinski definition) is 5. The Labute approximate surface area is 83.5 Å². The van der Waals surface area contributed by atoms with Gasteiger partial charge in [0, 0.05) is 0 Å². The molecule has 0 saturated heterocycles. The molecule has 0 saturated carbocycles. The van der Waals surface area contributed by atoms with Crippen molar-refractivity contribution in [1.82, 2.24) is 0 Å². The van der Waals surface area contributed by atoms with Gasteiger partial charge in [-0.3, -0.25) is 9.59 Å². The van der Waals surface area contributed by atoms with Crippen molar-refractivity contribution < 1.29 is 19.1 Å². The maximum absolute atomic E-state index is 11.2. The first-order chi connectivity index (χ1) is 6.44. The Kier molecular flexibility index (Phi) is 5.15. The minimum absolute atomic E-state index is 0.167. The van der Waals surface area contributed by atoms with Crippen molar-refractivity contribution in [2.45, 2.75) is 32.7 Å². The van der Waals surface area contributed by atoms with E-state index in [9.17, 15) is 9.59 Å². The van der Waals surface area contributed by atoms with E-state index in [0.29, 0.717) is 0 Å². The molecule has 2 N–H and O–H groups in total. The van der Waals surface area contributed by atoms with Crippen LogP contribution in [-0.4, -0.2) is 30.7 Å². The van der Waals surface area contributed by atoms with E-state index in [0.717, 1.165) is 0 Å². The summed E-state index contributed by atoms with van der Waals surface area (Å²) in [6.07, 6.45) is -0.167. The Morgan fingerprint density at radius 2 is 1.71 bits per heavy atom. The summed E-state index contributed by atoms with van der Waals surface area (Å²) >= 11 is 0. The van der Waals surface area contributed by atoms with Crippen molar-refractivity contribution in [3.05, 3.63) is 0 Å². The summed E-state index contributed by atoms with van der Waals surface area (Å²) in [5.41, 5.74) is 4.30. The van der Waals surface area contributed by atoms with Crippen molar-refractivity contribution in [3.8, 4) is 0 Å². The lowest BCUT2D eigenvalue weighted by molar-refractivity contribution is -0.155. The number of hydrogen-bond donors (Lipinski definition) is 1. The number of carbonyl (C=O) groups excluding carboxylic acids is 2. The van der Waals surface area contributed by atoms with E-state index in [1.807, 2.05) is 0 Å².